The zero-order valence-electron chi connectivity index (χ0n) is 10.8. The number of carbonyl (C=O) groups excluding carboxylic acids is 1. The number of carboxylic acid groups (broad SMARTS) is 1. The summed E-state index contributed by atoms with van der Waals surface area (Å²) in [5.41, 5.74) is -1.17. The van der Waals surface area contributed by atoms with Crippen molar-refractivity contribution in [1.29, 1.82) is 0 Å². The second-order valence-corrected chi connectivity index (χ2v) is 7.56. The molecule has 0 aromatic rings. The third-order valence-electron chi connectivity index (χ3n) is 3.95. The molecule has 2 saturated heterocycles. The van der Waals surface area contributed by atoms with E-state index >= 15 is 0 Å². The summed E-state index contributed by atoms with van der Waals surface area (Å²) in [6.07, 6.45) is 1.08. The first-order valence-corrected chi connectivity index (χ1v) is 8.09. The molecule has 0 bridgehead atoms. The van der Waals surface area contributed by atoms with Gasteiger partial charge in [0.05, 0.1) is 11.5 Å². The van der Waals surface area contributed by atoms with Crippen molar-refractivity contribution >= 4 is 21.8 Å². The molecule has 2 amide bonds. The Hall–Kier alpha value is -1.31. The maximum atomic E-state index is 12.3. The third-order valence-corrected chi connectivity index (χ3v) is 5.56. The number of carbonyl (C=O) groups is 2. The maximum absolute atomic E-state index is 12.3. The van der Waals surface area contributed by atoms with Gasteiger partial charge >= 0.3 is 12.0 Å². The van der Waals surface area contributed by atoms with E-state index in [1.54, 1.807) is 6.92 Å². The summed E-state index contributed by atoms with van der Waals surface area (Å²) >= 11 is 0. The molecule has 0 aromatic heterocycles. The molecule has 1 N–H and O–H groups in total. The van der Waals surface area contributed by atoms with Gasteiger partial charge in [-0.15, -0.1) is 0 Å². The molecule has 1 atom stereocenters. The average molecular weight is 290 g/mol. The van der Waals surface area contributed by atoms with Crippen LogP contribution in [0.5, 0.6) is 0 Å². The lowest BCUT2D eigenvalue weighted by molar-refractivity contribution is -0.147. The maximum Gasteiger partial charge on any atom is 0.329 e. The number of rotatable bonds is 1. The molecule has 2 rings (SSSR count). The minimum absolute atomic E-state index is 0.0453. The first kappa shape index (κ1) is 14.1. The van der Waals surface area contributed by atoms with E-state index in [2.05, 4.69) is 0 Å². The number of aliphatic carboxylic acids is 1. The number of amides is 2. The highest BCUT2D eigenvalue weighted by molar-refractivity contribution is 7.91. The Kier molecular flexibility index (Phi) is 3.46. The van der Waals surface area contributed by atoms with Gasteiger partial charge in [-0.3, -0.25) is 0 Å². The fourth-order valence-electron chi connectivity index (χ4n) is 2.57. The predicted molar refractivity (Wildman–Crippen MR) is 67.6 cm³/mol. The van der Waals surface area contributed by atoms with Gasteiger partial charge < -0.3 is 14.9 Å². The van der Waals surface area contributed by atoms with Crippen molar-refractivity contribution in [3.8, 4) is 0 Å². The largest absolute Gasteiger partial charge is 0.480 e. The summed E-state index contributed by atoms with van der Waals surface area (Å²) < 4.78 is 22.7. The van der Waals surface area contributed by atoms with Gasteiger partial charge in [0.2, 0.25) is 0 Å². The molecule has 8 heteroatoms. The van der Waals surface area contributed by atoms with Crippen molar-refractivity contribution in [2.75, 3.05) is 31.1 Å². The highest BCUT2D eigenvalue weighted by Crippen LogP contribution is 2.30. The van der Waals surface area contributed by atoms with Crippen LogP contribution in [-0.4, -0.2) is 72.0 Å². The smallest absolute Gasteiger partial charge is 0.329 e. The van der Waals surface area contributed by atoms with Gasteiger partial charge in [-0.1, -0.05) is 0 Å². The van der Waals surface area contributed by atoms with Crippen molar-refractivity contribution in [3.63, 3.8) is 0 Å². The van der Waals surface area contributed by atoms with Crippen LogP contribution in [0.4, 0.5) is 4.79 Å². The number of nitrogens with zero attached hydrogens (tertiary/aromatic N) is 2. The Morgan fingerprint density at radius 1 is 1.16 bits per heavy atom. The molecule has 0 radical (unpaired) electrons. The SMILES string of the molecule is CC1(C(=O)O)CCCN1C(=O)N1CCS(=O)(=O)CC1. The van der Waals surface area contributed by atoms with E-state index in [4.69, 9.17) is 0 Å². The molecule has 1 unspecified atom stereocenters. The number of carboxylic acids is 1. The standard InChI is InChI=1S/C11H18N2O5S/c1-11(9(14)15)3-2-4-13(11)10(16)12-5-7-19(17,18)8-6-12/h2-8H2,1H3,(H,14,15). The molecular formula is C11H18N2O5S. The van der Waals surface area contributed by atoms with Crippen molar-refractivity contribution < 1.29 is 23.1 Å². The summed E-state index contributed by atoms with van der Waals surface area (Å²) in [6, 6.07) is -0.364. The fraction of sp³-hybridized carbons (Fsp3) is 0.818. The first-order valence-electron chi connectivity index (χ1n) is 6.27. The normalized spacial score (nSPS) is 30.4. The van der Waals surface area contributed by atoms with Crippen LogP contribution in [0.25, 0.3) is 0 Å². The molecule has 2 aliphatic heterocycles. The van der Waals surface area contributed by atoms with E-state index in [-0.39, 0.29) is 30.6 Å². The van der Waals surface area contributed by atoms with Crippen molar-refractivity contribution in [1.82, 2.24) is 9.80 Å². The molecule has 0 aromatic carbocycles. The molecule has 2 heterocycles. The van der Waals surface area contributed by atoms with E-state index in [1.165, 1.54) is 9.80 Å². The van der Waals surface area contributed by atoms with Crippen molar-refractivity contribution in [3.05, 3.63) is 0 Å². The quantitative estimate of drug-likeness (QED) is 0.720. The van der Waals surface area contributed by atoms with Crippen LogP contribution in [0.1, 0.15) is 19.8 Å². The van der Waals surface area contributed by atoms with Crippen molar-refractivity contribution in [2.24, 2.45) is 0 Å². The Morgan fingerprint density at radius 3 is 2.26 bits per heavy atom. The molecular weight excluding hydrogens is 272 g/mol. The number of urea groups is 1. The number of sulfone groups is 1. The van der Waals surface area contributed by atoms with Crippen LogP contribution >= 0.6 is 0 Å². The molecule has 0 saturated carbocycles. The van der Waals surface area contributed by atoms with Gasteiger partial charge in [0.1, 0.15) is 5.54 Å². The van der Waals surface area contributed by atoms with Crippen LogP contribution in [0.15, 0.2) is 0 Å². The summed E-state index contributed by atoms with van der Waals surface area (Å²) in [4.78, 5) is 26.4. The zero-order valence-corrected chi connectivity index (χ0v) is 11.6. The highest BCUT2D eigenvalue weighted by Gasteiger charge is 2.47. The van der Waals surface area contributed by atoms with Gasteiger partial charge in [-0.25, -0.2) is 18.0 Å². The van der Waals surface area contributed by atoms with Gasteiger partial charge in [0.15, 0.2) is 9.84 Å². The molecule has 19 heavy (non-hydrogen) atoms. The van der Waals surface area contributed by atoms with E-state index in [0.717, 1.165) is 0 Å². The van der Waals surface area contributed by atoms with Crippen molar-refractivity contribution in [2.45, 2.75) is 25.3 Å². The van der Waals surface area contributed by atoms with Crippen LogP contribution in [0.3, 0.4) is 0 Å². The molecule has 0 spiro atoms. The van der Waals surface area contributed by atoms with Crippen LogP contribution in [-0.2, 0) is 14.6 Å². The lowest BCUT2D eigenvalue weighted by Gasteiger charge is -2.37. The molecule has 0 aliphatic carbocycles. The van der Waals surface area contributed by atoms with Crippen LogP contribution in [0, 0.1) is 0 Å². The highest BCUT2D eigenvalue weighted by atomic mass is 32.2. The fourth-order valence-corrected chi connectivity index (χ4v) is 3.77. The van der Waals surface area contributed by atoms with E-state index in [9.17, 15) is 23.1 Å². The Balaban J connectivity index is 2.10. The van der Waals surface area contributed by atoms with Crippen LogP contribution < -0.4 is 0 Å². The Labute approximate surface area is 112 Å². The molecule has 2 fully saturated rings. The summed E-state index contributed by atoms with van der Waals surface area (Å²) in [5.74, 6) is -1.10. The minimum atomic E-state index is -3.05. The molecule has 108 valence electrons. The lowest BCUT2D eigenvalue weighted by Crippen LogP contribution is -2.57. The third kappa shape index (κ3) is 2.54. The Bertz CT molecular complexity index is 489. The van der Waals surface area contributed by atoms with E-state index < -0.39 is 21.3 Å². The first-order chi connectivity index (χ1) is 8.76. The van der Waals surface area contributed by atoms with Crippen LogP contribution in [0.2, 0.25) is 0 Å². The predicted octanol–water partition coefficient (Wildman–Crippen LogP) is -0.224. The van der Waals surface area contributed by atoms with Gasteiger partial charge in [-0.2, -0.15) is 0 Å². The topological polar surface area (TPSA) is 95.0 Å². The second-order valence-electron chi connectivity index (χ2n) is 5.26. The molecule has 7 nitrogen and oxygen atoms in total. The second kappa shape index (κ2) is 4.66. The monoisotopic (exact) mass is 290 g/mol. The van der Waals surface area contributed by atoms with E-state index in [1.807, 2.05) is 0 Å². The lowest BCUT2D eigenvalue weighted by atomic mass is 10.00. The molecule has 2 aliphatic rings. The number of hydrogen-bond acceptors (Lipinski definition) is 4. The minimum Gasteiger partial charge on any atom is -0.480 e. The summed E-state index contributed by atoms with van der Waals surface area (Å²) in [7, 11) is -3.05. The van der Waals surface area contributed by atoms with E-state index in [0.29, 0.717) is 19.4 Å². The Morgan fingerprint density at radius 2 is 1.74 bits per heavy atom. The summed E-state index contributed by atoms with van der Waals surface area (Å²) in [6.45, 7) is 2.24. The summed E-state index contributed by atoms with van der Waals surface area (Å²) in [5, 5.41) is 9.26. The van der Waals surface area contributed by atoms with Gasteiger partial charge in [0.25, 0.3) is 0 Å². The van der Waals surface area contributed by atoms with Gasteiger partial charge in [-0.05, 0) is 19.8 Å². The van der Waals surface area contributed by atoms with Gasteiger partial charge in [0, 0.05) is 19.6 Å². The number of hydrogen-bond donors (Lipinski definition) is 1. The number of likely N-dealkylation sites (tertiary alicyclic amines) is 1. The average Bonchev–Trinajstić information content (AvgIpc) is 2.72. The zero-order chi connectivity index (χ0) is 14.3.